The van der Waals surface area contributed by atoms with Gasteiger partial charge in [-0.3, -0.25) is 19.7 Å². The van der Waals surface area contributed by atoms with E-state index in [2.05, 4.69) is 20.6 Å². The molecule has 2 aliphatic heterocycles. The number of carbonyl (C=O) groups is 3. The summed E-state index contributed by atoms with van der Waals surface area (Å²) in [7, 11) is 0. The normalized spacial score (nSPS) is 19.6. The largest absolute Gasteiger partial charge is 0.324 e. The first-order valence-corrected chi connectivity index (χ1v) is 7.93. The number of hydrogen-bond acceptors (Lipinski definition) is 6. The lowest BCUT2D eigenvalue weighted by atomic mass is 10.0. The van der Waals surface area contributed by atoms with Gasteiger partial charge in [0.05, 0.1) is 0 Å². The zero-order valence-electron chi connectivity index (χ0n) is 13.2. The molecule has 0 bridgehead atoms. The molecule has 2 N–H and O–H groups in total. The Bertz CT molecular complexity index is 868. The van der Waals surface area contributed by atoms with Crippen LogP contribution in [0.5, 0.6) is 0 Å². The van der Waals surface area contributed by atoms with Crippen molar-refractivity contribution in [2.24, 2.45) is 0 Å². The van der Waals surface area contributed by atoms with Gasteiger partial charge in [-0.2, -0.15) is 0 Å². The van der Waals surface area contributed by atoms with Gasteiger partial charge in [-0.1, -0.05) is 0 Å². The summed E-state index contributed by atoms with van der Waals surface area (Å²) >= 11 is 0. The van der Waals surface area contributed by atoms with Crippen molar-refractivity contribution in [3.05, 3.63) is 47.8 Å². The van der Waals surface area contributed by atoms with Crippen molar-refractivity contribution in [2.45, 2.75) is 25.4 Å². The third kappa shape index (κ3) is 2.82. The van der Waals surface area contributed by atoms with E-state index >= 15 is 0 Å². The van der Waals surface area contributed by atoms with Crippen LogP contribution in [0.15, 0.2) is 36.7 Å². The van der Waals surface area contributed by atoms with Crippen LogP contribution in [0.25, 0.3) is 0 Å². The van der Waals surface area contributed by atoms with Crippen molar-refractivity contribution in [1.82, 2.24) is 20.2 Å². The maximum atomic E-state index is 12.6. The standard InChI is InChI=1S/C17H15N5O3/c23-14-5-4-13(15(24)21-14)22-9-10-8-11(2-3-12(10)16(22)25)20-17-18-6-1-7-19-17/h1-3,6-8,13H,4-5,9H2,(H,18,19,20)(H,21,23,24). The van der Waals surface area contributed by atoms with Gasteiger partial charge in [-0.15, -0.1) is 0 Å². The highest BCUT2D eigenvalue weighted by Gasteiger charge is 2.39. The molecular weight excluding hydrogens is 322 g/mol. The van der Waals surface area contributed by atoms with E-state index in [0.29, 0.717) is 24.5 Å². The highest BCUT2D eigenvalue weighted by Crippen LogP contribution is 2.29. The molecule has 2 aliphatic rings. The predicted molar refractivity (Wildman–Crippen MR) is 87.8 cm³/mol. The molecule has 0 aliphatic carbocycles. The molecule has 1 aromatic heterocycles. The van der Waals surface area contributed by atoms with E-state index in [-0.39, 0.29) is 18.2 Å². The average molecular weight is 337 g/mol. The second-order valence-electron chi connectivity index (χ2n) is 5.97. The molecule has 1 saturated heterocycles. The fraction of sp³-hybridized carbons (Fsp3) is 0.235. The van der Waals surface area contributed by atoms with Crippen molar-refractivity contribution >= 4 is 29.4 Å². The Morgan fingerprint density at radius 3 is 2.72 bits per heavy atom. The number of benzene rings is 1. The zero-order valence-corrected chi connectivity index (χ0v) is 13.2. The van der Waals surface area contributed by atoms with Crippen LogP contribution in [-0.2, 0) is 16.1 Å². The molecule has 25 heavy (non-hydrogen) atoms. The molecule has 4 rings (SSSR count). The van der Waals surface area contributed by atoms with Crippen LogP contribution in [0, 0.1) is 0 Å². The Labute approximate surface area is 143 Å². The highest BCUT2D eigenvalue weighted by atomic mass is 16.2. The maximum Gasteiger partial charge on any atom is 0.255 e. The Balaban J connectivity index is 1.55. The van der Waals surface area contributed by atoms with Gasteiger partial charge < -0.3 is 10.2 Å². The number of nitrogens with zero attached hydrogens (tertiary/aromatic N) is 3. The number of nitrogens with one attached hydrogen (secondary N) is 2. The Hall–Kier alpha value is -3.29. The molecule has 2 aromatic rings. The Kier molecular flexibility index (Phi) is 3.64. The van der Waals surface area contributed by atoms with Gasteiger partial charge >= 0.3 is 0 Å². The zero-order chi connectivity index (χ0) is 17.4. The lowest BCUT2D eigenvalue weighted by Crippen LogP contribution is -2.52. The number of fused-ring (bicyclic) bond motifs is 1. The molecule has 1 atom stereocenters. The van der Waals surface area contributed by atoms with E-state index in [1.54, 1.807) is 30.6 Å². The van der Waals surface area contributed by atoms with E-state index in [1.807, 2.05) is 6.07 Å². The maximum absolute atomic E-state index is 12.6. The molecule has 1 unspecified atom stereocenters. The average Bonchev–Trinajstić information content (AvgIpc) is 2.92. The Morgan fingerprint density at radius 1 is 1.16 bits per heavy atom. The number of carbonyl (C=O) groups excluding carboxylic acids is 3. The van der Waals surface area contributed by atoms with Crippen LogP contribution >= 0.6 is 0 Å². The van der Waals surface area contributed by atoms with E-state index in [1.165, 1.54) is 4.90 Å². The summed E-state index contributed by atoms with van der Waals surface area (Å²) in [5.74, 6) is -0.422. The third-order valence-electron chi connectivity index (χ3n) is 4.35. The monoisotopic (exact) mass is 337 g/mol. The third-order valence-corrected chi connectivity index (χ3v) is 4.35. The molecule has 1 aromatic carbocycles. The summed E-state index contributed by atoms with van der Waals surface area (Å²) in [6.45, 7) is 0.339. The lowest BCUT2D eigenvalue weighted by molar-refractivity contribution is -0.136. The molecule has 0 spiro atoms. The number of anilines is 2. The molecule has 126 valence electrons. The number of imide groups is 1. The molecule has 0 saturated carbocycles. The molecule has 3 heterocycles. The minimum atomic E-state index is -0.605. The molecule has 3 amide bonds. The van der Waals surface area contributed by atoms with Gasteiger partial charge in [0.15, 0.2) is 0 Å². The van der Waals surface area contributed by atoms with Gasteiger partial charge in [0, 0.05) is 36.6 Å². The molecule has 1 fully saturated rings. The molecular formula is C17H15N5O3. The van der Waals surface area contributed by atoms with Crippen LogP contribution in [0.2, 0.25) is 0 Å². The van der Waals surface area contributed by atoms with Crippen LogP contribution in [-0.4, -0.2) is 38.6 Å². The van der Waals surface area contributed by atoms with Crippen molar-refractivity contribution < 1.29 is 14.4 Å². The van der Waals surface area contributed by atoms with Crippen LogP contribution in [0.4, 0.5) is 11.6 Å². The van der Waals surface area contributed by atoms with Gasteiger partial charge in [-0.05, 0) is 36.2 Å². The fourth-order valence-corrected chi connectivity index (χ4v) is 3.14. The van der Waals surface area contributed by atoms with Crippen LogP contribution < -0.4 is 10.6 Å². The lowest BCUT2D eigenvalue weighted by Gasteiger charge is -2.29. The van der Waals surface area contributed by atoms with Crippen molar-refractivity contribution in [3.8, 4) is 0 Å². The van der Waals surface area contributed by atoms with E-state index in [0.717, 1.165) is 11.3 Å². The van der Waals surface area contributed by atoms with Crippen LogP contribution in [0.1, 0.15) is 28.8 Å². The van der Waals surface area contributed by atoms with Crippen molar-refractivity contribution in [3.63, 3.8) is 0 Å². The van der Waals surface area contributed by atoms with E-state index < -0.39 is 11.9 Å². The molecule has 8 heteroatoms. The SMILES string of the molecule is O=C1CCC(N2Cc3cc(Nc4ncccn4)ccc3C2=O)C(=O)N1. The second kappa shape index (κ2) is 5.97. The van der Waals surface area contributed by atoms with Crippen molar-refractivity contribution in [2.75, 3.05) is 5.32 Å². The van der Waals surface area contributed by atoms with Gasteiger partial charge in [0.25, 0.3) is 5.91 Å². The molecule has 8 nitrogen and oxygen atoms in total. The number of rotatable bonds is 3. The first kappa shape index (κ1) is 15.3. The summed E-state index contributed by atoms with van der Waals surface area (Å²) in [5, 5.41) is 5.38. The minimum Gasteiger partial charge on any atom is -0.324 e. The Morgan fingerprint density at radius 2 is 1.96 bits per heavy atom. The topological polar surface area (TPSA) is 104 Å². The van der Waals surface area contributed by atoms with Gasteiger partial charge in [0.2, 0.25) is 17.8 Å². The predicted octanol–water partition coefficient (Wildman–Crippen LogP) is 0.981. The van der Waals surface area contributed by atoms with Crippen LogP contribution in [0.3, 0.4) is 0 Å². The van der Waals surface area contributed by atoms with Gasteiger partial charge in [-0.25, -0.2) is 9.97 Å². The van der Waals surface area contributed by atoms with Crippen molar-refractivity contribution in [1.29, 1.82) is 0 Å². The highest BCUT2D eigenvalue weighted by molar-refractivity contribution is 6.05. The number of hydrogen-bond donors (Lipinski definition) is 2. The van der Waals surface area contributed by atoms with E-state index in [9.17, 15) is 14.4 Å². The summed E-state index contributed by atoms with van der Waals surface area (Å²) in [4.78, 5) is 45.7. The smallest absolute Gasteiger partial charge is 0.255 e. The summed E-state index contributed by atoms with van der Waals surface area (Å²) in [5.41, 5.74) is 2.17. The summed E-state index contributed by atoms with van der Waals surface area (Å²) in [6, 6.07) is 6.49. The first-order chi connectivity index (χ1) is 12.1. The second-order valence-corrected chi connectivity index (χ2v) is 5.97. The minimum absolute atomic E-state index is 0.188. The number of amides is 3. The number of piperidine rings is 1. The molecule has 0 radical (unpaired) electrons. The fourth-order valence-electron chi connectivity index (χ4n) is 3.14. The summed E-state index contributed by atoms with van der Waals surface area (Å²) < 4.78 is 0. The van der Waals surface area contributed by atoms with Gasteiger partial charge in [0.1, 0.15) is 6.04 Å². The summed E-state index contributed by atoms with van der Waals surface area (Å²) in [6.07, 6.45) is 3.87. The van der Waals surface area contributed by atoms with E-state index in [4.69, 9.17) is 0 Å². The number of aromatic nitrogens is 2. The first-order valence-electron chi connectivity index (χ1n) is 7.93. The quantitative estimate of drug-likeness (QED) is 0.809.